The van der Waals surface area contributed by atoms with E-state index in [2.05, 4.69) is 5.32 Å². The van der Waals surface area contributed by atoms with Crippen LogP contribution in [0, 0.1) is 11.8 Å². The van der Waals surface area contributed by atoms with E-state index in [-0.39, 0.29) is 29.7 Å². The molecule has 114 valence electrons. The molecule has 1 saturated heterocycles. The molecule has 1 N–H and O–H groups in total. The number of carbonyl (C=O) groups excluding carboxylic acids is 2. The fourth-order valence-electron chi connectivity index (χ4n) is 3.28. The number of amides is 2. The highest BCUT2D eigenvalue weighted by molar-refractivity contribution is 5.88. The molecule has 0 radical (unpaired) electrons. The number of hydrogen-bond donors (Lipinski definition) is 1. The first-order chi connectivity index (χ1) is 9.59. The summed E-state index contributed by atoms with van der Waals surface area (Å²) in [6.45, 7) is 5.72. The van der Waals surface area contributed by atoms with Gasteiger partial charge in [-0.05, 0) is 31.6 Å². The van der Waals surface area contributed by atoms with Gasteiger partial charge in [-0.25, -0.2) is 0 Å². The van der Waals surface area contributed by atoms with Crippen LogP contribution in [0.25, 0.3) is 0 Å². The fraction of sp³-hybridized carbons (Fsp3) is 0.875. The molecule has 1 aliphatic heterocycles. The summed E-state index contributed by atoms with van der Waals surface area (Å²) < 4.78 is 0. The summed E-state index contributed by atoms with van der Waals surface area (Å²) in [4.78, 5) is 26.8. The minimum atomic E-state index is -0.345. The van der Waals surface area contributed by atoms with Gasteiger partial charge in [0.15, 0.2) is 0 Å². The molecule has 0 aromatic rings. The van der Waals surface area contributed by atoms with Crippen LogP contribution < -0.4 is 5.32 Å². The molecule has 20 heavy (non-hydrogen) atoms. The molecule has 1 aliphatic carbocycles. The Morgan fingerprint density at radius 1 is 1.00 bits per heavy atom. The summed E-state index contributed by atoms with van der Waals surface area (Å²) in [5, 5.41) is 3.03. The lowest BCUT2D eigenvalue weighted by Gasteiger charge is -2.29. The van der Waals surface area contributed by atoms with Crippen LogP contribution in [-0.2, 0) is 9.59 Å². The van der Waals surface area contributed by atoms with Crippen molar-refractivity contribution in [1.29, 1.82) is 0 Å². The van der Waals surface area contributed by atoms with E-state index in [4.69, 9.17) is 0 Å². The quantitative estimate of drug-likeness (QED) is 0.859. The van der Waals surface area contributed by atoms with Crippen LogP contribution in [0.1, 0.15) is 58.8 Å². The van der Waals surface area contributed by atoms with Crippen LogP contribution >= 0.6 is 0 Å². The molecule has 0 unspecified atom stereocenters. The summed E-state index contributed by atoms with van der Waals surface area (Å²) in [6.07, 6.45) is 7.67. The molecule has 2 amide bonds. The second-order valence-electron chi connectivity index (χ2n) is 6.60. The normalized spacial score (nSPS) is 22.1. The third-order valence-electron chi connectivity index (χ3n) is 4.62. The number of likely N-dealkylation sites (tertiary alicyclic amines) is 1. The van der Waals surface area contributed by atoms with E-state index in [0.717, 1.165) is 51.6 Å². The van der Waals surface area contributed by atoms with Gasteiger partial charge in [0, 0.05) is 19.0 Å². The Morgan fingerprint density at radius 2 is 1.60 bits per heavy atom. The minimum Gasteiger partial charge on any atom is -0.344 e. The van der Waals surface area contributed by atoms with Crippen molar-refractivity contribution in [2.24, 2.45) is 11.8 Å². The van der Waals surface area contributed by atoms with Crippen molar-refractivity contribution in [1.82, 2.24) is 10.2 Å². The molecule has 1 atom stereocenters. The first kappa shape index (κ1) is 15.3. The molecule has 1 heterocycles. The summed E-state index contributed by atoms with van der Waals surface area (Å²) in [5.74, 6) is 0.477. The number of nitrogens with zero attached hydrogens (tertiary/aromatic N) is 1. The Labute approximate surface area is 122 Å². The van der Waals surface area contributed by atoms with Crippen molar-refractivity contribution < 1.29 is 9.59 Å². The monoisotopic (exact) mass is 280 g/mol. The van der Waals surface area contributed by atoms with Crippen LogP contribution in [0.5, 0.6) is 0 Å². The standard InChI is InChI=1S/C16H28N2O2/c1-12(2)14(16(20)18-10-6-7-11-18)17-15(19)13-8-4-3-5-9-13/h12-14H,3-11H2,1-2H3,(H,17,19)/t14-/m1/s1. The summed E-state index contributed by atoms with van der Waals surface area (Å²) >= 11 is 0. The highest BCUT2D eigenvalue weighted by Gasteiger charge is 2.32. The average molecular weight is 280 g/mol. The van der Waals surface area contributed by atoms with E-state index in [9.17, 15) is 9.59 Å². The summed E-state index contributed by atoms with van der Waals surface area (Å²) in [7, 11) is 0. The van der Waals surface area contributed by atoms with Crippen LogP contribution in [0.4, 0.5) is 0 Å². The van der Waals surface area contributed by atoms with E-state index in [1.54, 1.807) is 0 Å². The highest BCUT2D eigenvalue weighted by atomic mass is 16.2. The van der Waals surface area contributed by atoms with Crippen molar-refractivity contribution in [3.63, 3.8) is 0 Å². The van der Waals surface area contributed by atoms with Gasteiger partial charge in [0.2, 0.25) is 11.8 Å². The third kappa shape index (κ3) is 3.74. The van der Waals surface area contributed by atoms with E-state index >= 15 is 0 Å². The molecule has 4 nitrogen and oxygen atoms in total. The van der Waals surface area contributed by atoms with Crippen LogP contribution in [0.2, 0.25) is 0 Å². The van der Waals surface area contributed by atoms with Gasteiger partial charge in [-0.2, -0.15) is 0 Å². The SMILES string of the molecule is CC(C)[C@@H](NC(=O)C1CCCCC1)C(=O)N1CCCC1. The lowest BCUT2D eigenvalue weighted by molar-refractivity contribution is -0.138. The lowest BCUT2D eigenvalue weighted by Crippen LogP contribution is -2.52. The molecular weight excluding hydrogens is 252 g/mol. The van der Waals surface area contributed by atoms with Crippen molar-refractivity contribution in [3.8, 4) is 0 Å². The van der Waals surface area contributed by atoms with Gasteiger partial charge in [0.1, 0.15) is 6.04 Å². The molecule has 2 aliphatic rings. The van der Waals surface area contributed by atoms with Crippen LogP contribution in [0.15, 0.2) is 0 Å². The van der Waals surface area contributed by atoms with Gasteiger partial charge in [0.05, 0.1) is 0 Å². The van der Waals surface area contributed by atoms with Crippen molar-refractivity contribution >= 4 is 11.8 Å². The predicted octanol–water partition coefficient (Wildman–Crippen LogP) is 2.33. The summed E-state index contributed by atoms with van der Waals surface area (Å²) in [6, 6.07) is -0.345. The maximum atomic E-state index is 12.5. The lowest BCUT2D eigenvalue weighted by atomic mass is 9.88. The molecule has 0 bridgehead atoms. The minimum absolute atomic E-state index is 0.0935. The zero-order valence-electron chi connectivity index (χ0n) is 12.9. The maximum Gasteiger partial charge on any atom is 0.245 e. The van der Waals surface area contributed by atoms with Crippen LogP contribution in [-0.4, -0.2) is 35.8 Å². The van der Waals surface area contributed by atoms with Crippen molar-refractivity contribution in [2.75, 3.05) is 13.1 Å². The predicted molar refractivity (Wildman–Crippen MR) is 79.2 cm³/mol. The number of carbonyl (C=O) groups is 2. The van der Waals surface area contributed by atoms with Crippen LogP contribution in [0.3, 0.4) is 0 Å². The summed E-state index contributed by atoms with van der Waals surface area (Å²) in [5.41, 5.74) is 0. The number of hydrogen-bond acceptors (Lipinski definition) is 2. The van der Waals surface area contributed by atoms with Gasteiger partial charge in [-0.1, -0.05) is 33.1 Å². The van der Waals surface area contributed by atoms with Gasteiger partial charge < -0.3 is 10.2 Å². The van der Waals surface area contributed by atoms with Gasteiger partial charge in [-0.15, -0.1) is 0 Å². The molecule has 0 aromatic heterocycles. The van der Waals surface area contributed by atoms with Crippen molar-refractivity contribution in [2.45, 2.75) is 64.8 Å². The van der Waals surface area contributed by atoms with Gasteiger partial charge in [0.25, 0.3) is 0 Å². The molecule has 1 saturated carbocycles. The zero-order valence-corrected chi connectivity index (χ0v) is 12.9. The molecular formula is C16H28N2O2. The zero-order chi connectivity index (χ0) is 14.5. The van der Waals surface area contributed by atoms with E-state index < -0.39 is 0 Å². The highest BCUT2D eigenvalue weighted by Crippen LogP contribution is 2.24. The van der Waals surface area contributed by atoms with E-state index in [1.165, 1.54) is 6.42 Å². The van der Waals surface area contributed by atoms with E-state index in [1.807, 2.05) is 18.7 Å². The first-order valence-corrected chi connectivity index (χ1v) is 8.18. The van der Waals surface area contributed by atoms with Gasteiger partial charge in [-0.3, -0.25) is 9.59 Å². The second kappa shape index (κ2) is 7.09. The molecule has 0 aromatic carbocycles. The Balaban J connectivity index is 1.94. The topological polar surface area (TPSA) is 49.4 Å². The molecule has 4 heteroatoms. The number of rotatable bonds is 4. The number of nitrogens with one attached hydrogen (secondary N) is 1. The van der Waals surface area contributed by atoms with Crippen molar-refractivity contribution in [3.05, 3.63) is 0 Å². The maximum absolute atomic E-state index is 12.5. The Kier molecular flexibility index (Phi) is 5.44. The molecule has 2 fully saturated rings. The fourth-order valence-corrected chi connectivity index (χ4v) is 3.28. The Bertz CT molecular complexity index is 342. The Hall–Kier alpha value is -1.06. The average Bonchev–Trinajstić information content (AvgIpc) is 2.98. The first-order valence-electron chi connectivity index (χ1n) is 8.18. The second-order valence-corrected chi connectivity index (χ2v) is 6.60. The molecule has 0 spiro atoms. The smallest absolute Gasteiger partial charge is 0.245 e. The van der Waals surface area contributed by atoms with E-state index in [0.29, 0.717) is 0 Å². The Morgan fingerprint density at radius 3 is 2.15 bits per heavy atom. The van der Waals surface area contributed by atoms with Gasteiger partial charge >= 0.3 is 0 Å². The molecule has 2 rings (SSSR count). The third-order valence-corrected chi connectivity index (χ3v) is 4.62. The largest absolute Gasteiger partial charge is 0.344 e.